The molecule has 2 rings (SSSR count). The Hall–Kier alpha value is -0.910. The van der Waals surface area contributed by atoms with Gasteiger partial charge in [-0.2, -0.15) is 8.42 Å². The highest BCUT2D eigenvalue weighted by Gasteiger charge is 2.26. The third-order valence-electron chi connectivity index (χ3n) is 3.07. The molecule has 1 aliphatic heterocycles. The highest BCUT2D eigenvalue weighted by atomic mass is 32.2. The quantitative estimate of drug-likeness (QED) is 0.826. The molecule has 1 atom stereocenters. The molecular formula is C12H17NO3S. The van der Waals surface area contributed by atoms with Crippen molar-refractivity contribution in [1.29, 1.82) is 0 Å². The standard InChI is InChI=1S/C12H17NO3S/c14-17(15,16)10-12-6-7-13(9-12)8-11-4-2-1-3-5-11/h1-5,12H,6-10H2,(H,14,15,16). The van der Waals surface area contributed by atoms with Crippen LogP contribution < -0.4 is 0 Å². The molecule has 1 fully saturated rings. The van der Waals surface area contributed by atoms with Crippen LogP contribution in [-0.4, -0.2) is 36.7 Å². The van der Waals surface area contributed by atoms with Gasteiger partial charge in [0.05, 0.1) is 5.75 Å². The second kappa shape index (κ2) is 5.16. The zero-order chi connectivity index (χ0) is 12.3. The highest BCUT2D eigenvalue weighted by Crippen LogP contribution is 2.19. The summed E-state index contributed by atoms with van der Waals surface area (Å²) in [6.45, 7) is 2.49. The summed E-state index contributed by atoms with van der Waals surface area (Å²) in [5.74, 6) is -0.0492. The van der Waals surface area contributed by atoms with Gasteiger partial charge in [0.1, 0.15) is 0 Å². The van der Waals surface area contributed by atoms with E-state index in [1.165, 1.54) is 5.56 Å². The third-order valence-corrected chi connectivity index (χ3v) is 3.96. The monoisotopic (exact) mass is 255 g/mol. The second-order valence-corrected chi connectivity index (χ2v) is 6.12. The first-order chi connectivity index (χ1) is 8.03. The van der Waals surface area contributed by atoms with Crippen LogP contribution in [0.15, 0.2) is 30.3 Å². The molecule has 17 heavy (non-hydrogen) atoms. The molecule has 0 aromatic heterocycles. The normalized spacial score (nSPS) is 21.8. The maximum absolute atomic E-state index is 10.8. The van der Waals surface area contributed by atoms with Crippen LogP contribution in [0.1, 0.15) is 12.0 Å². The Morgan fingerprint density at radius 2 is 2.00 bits per heavy atom. The van der Waals surface area contributed by atoms with Crippen molar-refractivity contribution in [3.8, 4) is 0 Å². The average Bonchev–Trinajstić information content (AvgIpc) is 2.64. The highest BCUT2D eigenvalue weighted by molar-refractivity contribution is 7.85. The Morgan fingerprint density at radius 3 is 2.65 bits per heavy atom. The van der Waals surface area contributed by atoms with Gasteiger partial charge in [0.2, 0.25) is 0 Å². The minimum atomic E-state index is -3.83. The first kappa shape index (κ1) is 12.5. The zero-order valence-corrected chi connectivity index (χ0v) is 10.4. The van der Waals surface area contributed by atoms with Gasteiger partial charge in [-0.3, -0.25) is 9.45 Å². The molecule has 1 aromatic rings. The SMILES string of the molecule is O=S(=O)(O)CC1CCN(Cc2ccccc2)C1. The van der Waals surface area contributed by atoms with Crippen LogP contribution in [0.4, 0.5) is 0 Å². The molecule has 0 radical (unpaired) electrons. The topological polar surface area (TPSA) is 57.6 Å². The van der Waals surface area contributed by atoms with Gasteiger partial charge >= 0.3 is 0 Å². The van der Waals surface area contributed by atoms with Gasteiger partial charge in [0.25, 0.3) is 10.1 Å². The van der Waals surface area contributed by atoms with Crippen LogP contribution >= 0.6 is 0 Å². The Kier molecular flexibility index (Phi) is 3.81. The predicted molar refractivity (Wildman–Crippen MR) is 66.2 cm³/mol. The van der Waals surface area contributed by atoms with E-state index in [0.717, 1.165) is 26.1 Å². The first-order valence-electron chi connectivity index (χ1n) is 5.74. The smallest absolute Gasteiger partial charge is 0.265 e. The minimum Gasteiger partial charge on any atom is -0.299 e. The summed E-state index contributed by atoms with van der Waals surface area (Å²) < 4.78 is 30.4. The van der Waals surface area contributed by atoms with Crippen molar-refractivity contribution < 1.29 is 13.0 Å². The molecule has 1 aliphatic rings. The van der Waals surface area contributed by atoms with Gasteiger partial charge in [-0.15, -0.1) is 0 Å². The fraction of sp³-hybridized carbons (Fsp3) is 0.500. The second-order valence-electron chi connectivity index (χ2n) is 4.62. The van der Waals surface area contributed by atoms with Crippen molar-refractivity contribution in [3.05, 3.63) is 35.9 Å². The lowest BCUT2D eigenvalue weighted by molar-refractivity contribution is 0.319. The summed E-state index contributed by atoms with van der Waals surface area (Å²) in [4.78, 5) is 2.23. The van der Waals surface area contributed by atoms with E-state index in [9.17, 15) is 8.42 Å². The summed E-state index contributed by atoms with van der Waals surface area (Å²) in [6, 6.07) is 10.1. The molecule has 94 valence electrons. The lowest BCUT2D eigenvalue weighted by Crippen LogP contribution is -2.22. The molecule has 0 aliphatic carbocycles. The predicted octanol–water partition coefficient (Wildman–Crippen LogP) is 1.40. The summed E-state index contributed by atoms with van der Waals surface area (Å²) in [5.41, 5.74) is 1.24. The number of nitrogens with zero attached hydrogens (tertiary/aromatic N) is 1. The molecule has 0 saturated carbocycles. The van der Waals surface area contributed by atoms with Crippen molar-refractivity contribution in [2.24, 2.45) is 5.92 Å². The zero-order valence-electron chi connectivity index (χ0n) is 9.62. The van der Waals surface area contributed by atoms with Gasteiger partial charge in [0, 0.05) is 13.1 Å². The van der Waals surface area contributed by atoms with E-state index in [2.05, 4.69) is 17.0 Å². The number of hydrogen-bond acceptors (Lipinski definition) is 3. The first-order valence-corrected chi connectivity index (χ1v) is 7.35. The molecule has 1 N–H and O–H groups in total. The molecular weight excluding hydrogens is 238 g/mol. The van der Waals surface area contributed by atoms with Crippen molar-refractivity contribution >= 4 is 10.1 Å². The van der Waals surface area contributed by atoms with Crippen LogP contribution in [0.2, 0.25) is 0 Å². The number of likely N-dealkylation sites (tertiary alicyclic amines) is 1. The van der Waals surface area contributed by atoms with E-state index < -0.39 is 10.1 Å². The van der Waals surface area contributed by atoms with Crippen LogP contribution in [0.5, 0.6) is 0 Å². The van der Waals surface area contributed by atoms with E-state index in [0.29, 0.717) is 0 Å². The summed E-state index contributed by atoms with van der Waals surface area (Å²) in [5, 5.41) is 0. The minimum absolute atomic E-state index is 0.0636. The van der Waals surface area contributed by atoms with E-state index in [-0.39, 0.29) is 11.7 Å². The van der Waals surface area contributed by atoms with Gasteiger partial charge < -0.3 is 0 Å². The Labute approximate surface area is 102 Å². The van der Waals surface area contributed by atoms with E-state index in [4.69, 9.17) is 4.55 Å². The molecule has 0 bridgehead atoms. The summed E-state index contributed by atoms with van der Waals surface area (Å²) in [6.07, 6.45) is 0.840. The Balaban J connectivity index is 1.86. The molecule has 0 spiro atoms. The van der Waals surface area contributed by atoms with Crippen LogP contribution in [0, 0.1) is 5.92 Å². The fourth-order valence-electron chi connectivity index (χ4n) is 2.33. The van der Waals surface area contributed by atoms with E-state index in [1.54, 1.807) is 0 Å². The molecule has 5 heteroatoms. The van der Waals surface area contributed by atoms with Crippen molar-refractivity contribution in [1.82, 2.24) is 4.90 Å². The summed E-state index contributed by atoms with van der Waals surface area (Å²) in [7, 11) is -3.83. The lowest BCUT2D eigenvalue weighted by atomic mass is 10.2. The van der Waals surface area contributed by atoms with Crippen LogP contribution in [0.3, 0.4) is 0 Å². The Morgan fingerprint density at radius 1 is 1.29 bits per heavy atom. The van der Waals surface area contributed by atoms with Crippen molar-refractivity contribution in [2.75, 3.05) is 18.8 Å². The summed E-state index contributed by atoms with van der Waals surface area (Å²) >= 11 is 0. The van der Waals surface area contributed by atoms with Crippen LogP contribution in [-0.2, 0) is 16.7 Å². The van der Waals surface area contributed by atoms with Crippen molar-refractivity contribution in [2.45, 2.75) is 13.0 Å². The average molecular weight is 255 g/mol. The fourth-order valence-corrected chi connectivity index (χ4v) is 3.20. The maximum atomic E-state index is 10.8. The molecule has 0 amide bonds. The number of hydrogen-bond donors (Lipinski definition) is 1. The number of benzene rings is 1. The molecule has 1 saturated heterocycles. The maximum Gasteiger partial charge on any atom is 0.265 e. The Bertz CT molecular complexity index is 458. The van der Waals surface area contributed by atoms with Gasteiger partial charge in [-0.25, -0.2) is 0 Å². The molecule has 4 nitrogen and oxygen atoms in total. The molecule has 1 aromatic carbocycles. The number of rotatable bonds is 4. The van der Waals surface area contributed by atoms with E-state index in [1.807, 2.05) is 18.2 Å². The van der Waals surface area contributed by atoms with Crippen LogP contribution in [0.25, 0.3) is 0 Å². The van der Waals surface area contributed by atoms with Gasteiger partial charge in [-0.1, -0.05) is 30.3 Å². The van der Waals surface area contributed by atoms with E-state index >= 15 is 0 Å². The largest absolute Gasteiger partial charge is 0.299 e. The lowest BCUT2D eigenvalue weighted by Gasteiger charge is -2.15. The molecule has 1 unspecified atom stereocenters. The van der Waals surface area contributed by atoms with Gasteiger partial charge in [-0.05, 0) is 24.4 Å². The third kappa shape index (κ3) is 4.11. The van der Waals surface area contributed by atoms with Crippen molar-refractivity contribution in [3.63, 3.8) is 0 Å². The van der Waals surface area contributed by atoms with Gasteiger partial charge in [0.15, 0.2) is 0 Å². The molecule has 1 heterocycles.